The Kier molecular flexibility index (Phi) is 5.49. The number of carbonyl (C=O) groups excluding carboxylic acids is 1. The van der Waals surface area contributed by atoms with Crippen LogP contribution in [0, 0.1) is 6.92 Å². The van der Waals surface area contributed by atoms with Gasteiger partial charge in [0, 0.05) is 42.8 Å². The molecule has 3 aromatic heterocycles. The third kappa shape index (κ3) is 3.85. The van der Waals surface area contributed by atoms with E-state index in [0.29, 0.717) is 25.5 Å². The lowest BCUT2D eigenvalue weighted by Gasteiger charge is -2.34. The Morgan fingerprint density at radius 1 is 1.09 bits per heavy atom. The number of aromatic amines is 1. The summed E-state index contributed by atoms with van der Waals surface area (Å²) in [5.41, 5.74) is 5.02. The largest absolute Gasteiger partial charge is 0.377 e. The van der Waals surface area contributed by atoms with Crippen LogP contribution >= 0.6 is 0 Å². The third-order valence-corrected chi connectivity index (χ3v) is 7.03. The molecule has 0 saturated carbocycles. The van der Waals surface area contributed by atoms with Gasteiger partial charge < -0.3 is 14.5 Å². The molecule has 180 valence electrons. The van der Waals surface area contributed by atoms with Crippen molar-refractivity contribution >= 4 is 28.4 Å². The molecule has 1 atom stereocenters. The van der Waals surface area contributed by atoms with Gasteiger partial charge in [-0.1, -0.05) is 6.07 Å². The molecule has 0 aliphatic carbocycles. The summed E-state index contributed by atoms with van der Waals surface area (Å²) in [5, 5.41) is 12.8. The summed E-state index contributed by atoms with van der Waals surface area (Å²) in [6.07, 6.45) is 6.29. The molecular formula is C26H29N7O2. The van der Waals surface area contributed by atoms with E-state index in [0.717, 1.165) is 65.2 Å². The quantitative estimate of drug-likeness (QED) is 0.486. The Balaban J connectivity index is 1.50. The molecule has 1 aromatic carbocycles. The fourth-order valence-corrected chi connectivity index (χ4v) is 5.16. The van der Waals surface area contributed by atoms with E-state index >= 15 is 0 Å². The molecule has 9 nitrogen and oxygen atoms in total. The third-order valence-electron chi connectivity index (χ3n) is 7.03. The van der Waals surface area contributed by atoms with Crippen LogP contribution in [0.4, 0.5) is 11.5 Å². The number of anilines is 2. The summed E-state index contributed by atoms with van der Waals surface area (Å²) in [4.78, 5) is 21.7. The van der Waals surface area contributed by atoms with E-state index in [1.54, 1.807) is 10.9 Å². The van der Waals surface area contributed by atoms with Crippen molar-refractivity contribution in [2.75, 3.05) is 36.1 Å². The minimum absolute atomic E-state index is 0.207. The van der Waals surface area contributed by atoms with Gasteiger partial charge in [-0.25, -0.2) is 4.98 Å². The van der Waals surface area contributed by atoms with Crippen LogP contribution in [0.25, 0.3) is 28.0 Å². The zero-order valence-electron chi connectivity index (χ0n) is 20.1. The second kappa shape index (κ2) is 8.81. The van der Waals surface area contributed by atoms with Crippen LogP contribution in [0.5, 0.6) is 0 Å². The molecule has 4 aromatic rings. The van der Waals surface area contributed by atoms with Gasteiger partial charge in [-0.15, -0.1) is 0 Å². The van der Waals surface area contributed by atoms with E-state index in [9.17, 15) is 4.79 Å². The highest BCUT2D eigenvalue weighted by atomic mass is 16.5. The summed E-state index contributed by atoms with van der Waals surface area (Å²) < 4.78 is 7.45. The number of ether oxygens (including phenoxy) is 1. The van der Waals surface area contributed by atoms with Gasteiger partial charge in [0.15, 0.2) is 11.5 Å². The predicted molar refractivity (Wildman–Crippen MR) is 135 cm³/mol. The smallest absolute Gasteiger partial charge is 0.226 e. The van der Waals surface area contributed by atoms with Gasteiger partial charge in [-0.3, -0.25) is 9.89 Å². The van der Waals surface area contributed by atoms with Crippen molar-refractivity contribution in [2.24, 2.45) is 0 Å². The van der Waals surface area contributed by atoms with Crippen molar-refractivity contribution in [3.05, 3.63) is 48.3 Å². The molecule has 0 bridgehead atoms. The van der Waals surface area contributed by atoms with Gasteiger partial charge in [0.2, 0.25) is 5.91 Å². The number of hydrogen-bond acceptors (Lipinski definition) is 6. The van der Waals surface area contributed by atoms with Gasteiger partial charge in [0.25, 0.3) is 0 Å². The standard InChI is InChI=1S/C26H29N7O2/c1-17-13-19(32-10-4-3-5-25(32)34)6-7-20(17)21-14-24(31-11-12-35-16-18(31)2)29-26-22(21)15-28-33(26)23-8-9-27-30-23/h6-9,13-15,18H,3-5,10-12,16H2,1-2H3,(H,27,30)/t18-/m1/s1. The average molecular weight is 472 g/mol. The van der Waals surface area contributed by atoms with E-state index in [4.69, 9.17) is 9.72 Å². The number of aryl methyl sites for hydroxylation is 1. The number of morpholine rings is 1. The lowest BCUT2D eigenvalue weighted by atomic mass is 9.97. The number of pyridine rings is 1. The molecular weight excluding hydrogens is 442 g/mol. The monoisotopic (exact) mass is 471 g/mol. The molecule has 35 heavy (non-hydrogen) atoms. The van der Waals surface area contributed by atoms with Crippen molar-refractivity contribution in [2.45, 2.75) is 39.2 Å². The van der Waals surface area contributed by atoms with E-state index in [1.165, 1.54) is 0 Å². The van der Waals surface area contributed by atoms with Crippen molar-refractivity contribution in [1.29, 1.82) is 0 Å². The Morgan fingerprint density at radius 3 is 2.77 bits per heavy atom. The van der Waals surface area contributed by atoms with E-state index in [-0.39, 0.29) is 11.9 Å². The summed E-state index contributed by atoms with van der Waals surface area (Å²) >= 11 is 0. The first-order valence-corrected chi connectivity index (χ1v) is 12.2. The summed E-state index contributed by atoms with van der Waals surface area (Å²) in [7, 11) is 0. The normalized spacial score (nSPS) is 19.0. The van der Waals surface area contributed by atoms with E-state index < -0.39 is 0 Å². The number of fused-ring (bicyclic) bond motifs is 1. The maximum Gasteiger partial charge on any atom is 0.226 e. The number of aromatic nitrogens is 5. The highest BCUT2D eigenvalue weighted by Crippen LogP contribution is 2.36. The Hall–Kier alpha value is -3.72. The molecule has 1 N–H and O–H groups in total. The number of amides is 1. The van der Waals surface area contributed by atoms with Crippen LogP contribution in [-0.2, 0) is 9.53 Å². The highest BCUT2D eigenvalue weighted by Gasteiger charge is 2.25. The van der Waals surface area contributed by atoms with Crippen LogP contribution in [0.2, 0.25) is 0 Å². The first kappa shape index (κ1) is 21.8. The number of hydrogen-bond donors (Lipinski definition) is 1. The van der Waals surface area contributed by atoms with E-state index in [1.807, 2.05) is 17.2 Å². The van der Waals surface area contributed by atoms with Gasteiger partial charge in [0.05, 0.1) is 25.5 Å². The first-order chi connectivity index (χ1) is 17.1. The highest BCUT2D eigenvalue weighted by molar-refractivity contribution is 5.98. The number of nitrogens with zero attached hydrogens (tertiary/aromatic N) is 6. The molecule has 0 spiro atoms. The molecule has 0 unspecified atom stereocenters. The van der Waals surface area contributed by atoms with Crippen LogP contribution in [0.15, 0.2) is 42.7 Å². The van der Waals surface area contributed by atoms with Crippen LogP contribution in [0.1, 0.15) is 31.7 Å². The fraction of sp³-hybridized carbons (Fsp3) is 0.385. The van der Waals surface area contributed by atoms with Crippen LogP contribution < -0.4 is 9.80 Å². The van der Waals surface area contributed by atoms with Crippen molar-refractivity contribution in [3.8, 4) is 16.9 Å². The Labute approximate surface area is 203 Å². The molecule has 0 radical (unpaired) electrons. The Bertz CT molecular complexity index is 1380. The number of H-pyrrole nitrogens is 1. The second-order valence-corrected chi connectivity index (χ2v) is 9.37. The number of benzene rings is 1. The number of rotatable bonds is 4. The minimum Gasteiger partial charge on any atom is -0.377 e. The number of carbonyl (C=O) groups is 1. The maximum atomic E-state index is 12.5. The molecule has 9 heteroatoms. The van der Waals surface area contributed by atoms with Gasteiger partial charge >= 0.3 is 0 Å². The van der Waals surface area contributed by atoms with Gasteiger partial charge in [-0.2, -0.15) is 14.9 Å². The van der Waals surface area contributed by atoms with Gasteiger partial charge in [-0.05, 0) is 61.6 Å². The predicted octanol–water partition coefficient (Wildman–Crippen LogP) is 3.86. The number of piperidine rings is 1. The van der Waals surface area contributed by atoms with Crippen molar-refractivity contribution in [3.63, 3.8) is 0 Å². The molecule has 2 aliphatic rings. The molecule has 2 aliphatic heterocycles. The van der Waals surface area contributed by atoms with Crippen LogP contribution in [-0.4, -0.2) is 63.2 Å². The van der Waals surface area contributed by atoms with E-state index in [2.05, 4.69) is 58.3 Å². The maximum absolute atomic E-state index is 12.5. The fourth-order valence-electron chi connectivity index (χ4n) is 5.16. The Morgan fingerprint density at radius 2 is 2.00 bits per heavy atom. The summed E-state index contributed by atoms with van der Waals surface area (Å²) in [5.74, 6) is 1.80. The molecule has 1 amide bonds. The SMILES string of the molecule is Cc1cc(N2CCCCC2=O)ccc1-c1cc(N2CCOC[C@H]2C)nc2c1cnn2-c1cc[nH]n1. The van der Waals surface area contributed by atoms with Crippen molar-refractivity contribution < 1.29 is 9.53 Å². The zero-order valence-corrected chi connectivity index (χ0v) is 20.1. The van der Waals surface area contributed by atoms with Crippen molar-refractivity contribution in [1.82, 2.24) is 25.0 Å². The topological polar surface area (TPSA) is 92.2 Å². The van der Waals surface area contributed by atoms with Gasteiger partial charge in [0.1, 0.15) is 5.82 Å². The van der Waals surface area contributed by atoms with Crippen LogP contribution in [0.3, 0.4) is 0 Å². The molecule has 2 fully saturated rings. The first-order valence-electron chi connectivity index (χ1n) is 12.2. The minimum atomic E-state index is 0.207. The second-order valence-electron chi connectivity index (χ2n) is 9.37. The molecule has 5 heterocycles. The summed E-state index contributed by atoms with van der Waals surface area (Å²) in [6, 6.07) is 10.6. The average Bonchev–Trinajstić information content (AvgIpc) is 3.54. The number of nitrogens with one attached hydrogen (secondary N) is 1. The summed E-state index contributed by atoms with van der Waals surface area (Å²) in [6.45, 7) is 7.18. The lowest BCUT2D eigenvalue weighted by Crippen LogP contribution is -2.44. The zero-order chi connectivity index (χ0) is 23.9. The lowest BCUT2D eigenvalue weighted by molar-refractivity contribution is -0.119. The molecule has 6 rings (SSSR count). The molecule has 2 saturated heterocycles.